The molecule has 0 saturated carbocycles. The number of pyridine rings is 1. The lowest BCUT2D eigenvalue weighted by molar-refractivity contribution is 0.102. The largest absolute Gasteiger partial charge is 0.328 e. The standard InChI is InChI=1S/C15H12ClN3O2/c16-12-5-3-10(2-1-7-17)8-13(12)19-15(21)11-4-6-14(20)18-9-11/h3-6,8-9H,7,17H2,(H,18,20)(H,19,21). The van der Waals surface area contributed by atoms with E-state index in [1.807, 2.05) is 0 Å². The first-order valence-corrected chi connectivity index (χ1v) is 6.46. The van der Waals surface area contributed by atoms with Crippen molar-refractivity contribution in [2.45, 2.75) is 0 Å². The molecule has 106 valence electrons. The second-order valence-electron chi connectivity index (χ2n) is 4.10. The van der Waals surface area contributed by atoms with Crippen LogP contribution in [-0.4, -0.2) is 17.4 Å². The lowest BCUT2D eigenvalue weighted by Crippen LogP contribution is -2.14. The van der Waals surface area contributed by atoms with E-state index in [9.17, 15) is 9.59 Å². The molecule has 4 N–H and O–H groups in total. The molecule has 0 aliphatic carbocycles. The second kappa shape index (κ2) is 6.75. The summed E-state index contributed by atoms with van der Waals surface area (Å²) in [6.45, 7) is 0.252. The highest BCUT2D eigenvalue weighted by atomic mass is 35.5. The van der Waals surface area contributed by atoms with Crippen molar-refractivity contribution in [1.29, 1.82) is 0 Å². The van der Waals surface area contributed by atoms with E-state index >= 15 is 0 Å². The van der Waals surface area contributed by atoms with Gasteiger partial charge < -0.3 is 16.0 Å². The number of halogens is 1. The van der Waals surface area contributed by atoms with Gasteiger partial charge in [0.2, 0.25) is 5.56 Å². The third kappa shape index (κ3) is 3.96. The fraction of sp³-hybridized carbons (Fsp3) is 0.0667. The molecule has 21 heavy (non-hydrogen) atoms. The smallest absolute Gasteiger partial charge is 0.257 e. The zero-order valence-corrected chi connectivity index (χ0v) is 11.7. The summed E-state index contributed by atoms with van der Waals surface area (Å²) in [7, 11) is 0. The molecule has 5 nitrogen and oxygen atoms in total. The number of rotatable bonds is 2. The maximum Gasteiger partial charge on any atom is 0.257 e. The van der Waals surface area contributed by atoms with Gasteiger partial charge in [0.15, 0.2) is 0 Å². The monoisotopic (exact) mass is 301 g/mol. The summed E-state index contributed by atoms with van der Waals surface area (Å²) < 4.78 is 0. The summed E-state index contributed by atoms with van der Waals surface area (Å²) in [5.41, 5.74) is 6.50. The minimum atomic E-state index is -0.378. The first-order chi connectivity index (χ1) is 10.1. The fourth-order valence-electron chi connectivity index (χ4n) is 1.60. The van der Waals surface area contributed by atoms with Crippen LogP contribution in [0.15, 0.2) is 41.3 Å². The maximum atomic E-state index is 12.1. The Hall–Kier alpha value is -2.55. The molecule has 0 atom stereocenters. The summed E-state index contributed by atoms with van der Waals surface area (Å²) in [4.78, 5) is 25.5. The molecule has 1 aromatic heterocycles. The average Bonchev–Trinajstić information content (AvgIpc) is 2.48. The van der Waals surface area contributed by atoms with Crippen LogP contribution >= 0.6 is 11.6 Å². The molecule has 2 aromatic rings. The molecular weight excluding hydrogens is 290 g/mol. The Labute approximate surface area is 126 Å². The number of aromatic nitrogens is 1. The highest BCUT2D eigenvalue weighted by Crippen LogP contribution is 2.23. The van der Waals surface area contributed by atoms with Crippen LogP contribution in [0.25, 0.3) is 0 Å². The van der Waals surface area contributed by atoms with E-state index in [2.05, 4.69) is 22.1 Å². The number of anilines is 1. The normalized spacial score (nSPS) is 9.62. The van der Waals surface area contributed by atoms with Gasteiger partial charge in [-0.2, -0.15) is 0 Å². The van der Waals surface area contributed by atoms with Crippen LogP contribution < -0.4 is 16.6 Å². The molecule has 0 unspecified atom stereocenters. The Morgan fingerprint density at radius 1 is 1.33 bits per heavy atom. The predicted molar refractivity (Wildman–Crippen MR) is 82.4 cm³/mol. The number of nitrogens with two attached hydrogens (primary N) is 1. The van der Waals surface area contributed by atoms with Crippen molar-refractivity contribution in [1.82, 2.24) is 4.98 Å². The predicted octanol–water partition coefficient (Wildman–Crippen LogP) is 1.59. The molecule has 1 amide bonds. The summed E-state index contributed by atoms with van der Waals surface area (Å²) in [5, 5.41) is 3.07. The van der Waals surface area contributed by atoms with Gasteiger partial charge in [0, 0.05) is 17.8 Å². The quantitative estimate of drug-likeness (QED) is 0.736. The van der Waals surface area contributed by atoms with Crippen LogP contribution in [-0.2, 0) is 0 Å². The Balaban J connectivity index is 2.24. The van der Waals surface area contributed by atoms with Crippen molar-refractivity contribution >= 4 is 23.2 Å². The minimum Gasteiger partial charge on any atom is -0.328 e. The van der Waals surface area contributed by atoms with E-state index in [1.165, 1.54) is 18.3 Å². The van der Waals surface area contributed by atoms with Gasteiger partial charge in [-0.05, 0) is 24.3 Å². The van der Waals surface area contributed by atoms with Gasteiger partial charge >= 0.3 is 0 Å². The van der Waals surface area contributed by atoms with Crippen molar-refractivity contribution in [2.24, 2.45) is 5.73 Å². The number of hydrogen-bond donors (Lipinski definition) is 3. The second-order valence-corrected chi connectivity index (χ2v) is 4.50. The number of amides is 1. The zero-order valence-electron chi connectivity index (χ0n) is 10.9. The molecule has 0 saturated heterocycles. The maximum absolute atomic E-state index is 12.1. The van der Waals surface area contributed by atoms with Crippen molar-refractivity contribution in [3.8, 4) is 11.8 Å². The summed E-state index contributed by atoms with van der Waals surface area (Å²) in [5.74, 6) is 5.21. The molecule has 0 radical (unpaired) electrons. The summed E-state index contributed by atoms with van der Waals surface area (Å²) in [6.07, 6.45) is 1.34. The number of carbonyl (C=O) groups excluding carboxylic acids is 1. The molecule has 0 aliphatic heterocycles. The number of nitrogens with one attached hydrogen (secondary N) is 2. The van der Waals surface area contributed by atoms with Gasteiger partial charge in [0.05, 0.1) is 22.8 Å². The molecule has 1 aromatic carbocycles. The summed E-state index contributed by atoms with van der Waals surface area (Å²) >= 11 is 6.04. The third-order valence-electron chi connectivity index (χ3n) is 2.60. The molecular formula is C15H12ClN3O2. The van der Waals surface area contributed by atoms with Crippen molar-refractivity contribution in [2.75, 3.05) is 11.9 Å². The van der Waals surface area contributed by atoms with Crippen molar-refractivity contribution < 1.29 is 4.79 Å². The molecule has 2 rings (SSSR count). The van der Waals surface area contributed by atoms with E-state index in [0.717, 1.165) is 0 Å². The number of aromatic amines is 1. The molecule has 0 aliphatic rings. The van der Waals surface area contributed by atoms with Gasteiger partial charge in [-0.1, -0.05) is 23.4 Å². The number of benzene rings is 1. The van der Waals surface area contributed by atoms with Crippen LogP contribution in [0.3, 0.4) is 0 Å². The van der Waals surface area contributed by atoms with E-state index in [4.69, 9.17) is 17.3 Å². The van der Waals surface area contributed by atoms with Gasteiger partial charge in [0.1, 0.15) is 0 Å². The van der Waals surface area contributed by atoms with Crippen molar-refractivity contribution in [3.05, 3.63) is 63.0 Å². The van der Waals surface area contributed by atoms with Crippen LogP contribution in [0.1, 0.15) is 15.9 Å². The SMILES string of the molecule is NCC#Cc1ccc(Cl)c(NC(=O)c2ccc(=O)[nH]c2)c1. The Morgan fingerprint density at radius 2 is 2.14 bits per heavy atom. The van der Waals surface area contributed by atoms with Crippen LogP contribution in [0, 0.1) is 11.8 Å². The minimum absolute atomic E-state index is 0.252. The van der Waals surface area contributed by atoms with E-state index in [-0.39, 0.29) is 18.0 Å². The number of H-pyrrole nitrogens is 1. The van der Waals surface area contributed by atoms with Crippen LogP contribution in [0.4, 0.5) is 5.69 Å². The van der Waals surface area contributed by atoms with Gasteiger partial charge in [-0.25, -0.2) is 0 Å². The summed E-state index contributed by atoms with van der Waals surface area (Å²) in [6, 6.07) is 7.75. The molecule has 0 bridgehead atoms. The van der Waals surface area contributed by atoms with Crippen molar-refractivity contribution in [3.63, 3.8) is 0 Å². The lowest BCUT2D eigenvalue weighted by atomic mass is 10.2. The molecule has 1 heterocycles. The number of carbonyl (C=O) groups is 1. The Morgan fingerprint density at radius 3 is 2.81 bits per heavy atom. The van der Waals surface area contributed by atoms with Crippen LogP contribution in [0.2, 0.25) is 5.02 Å². The zero-order chi connectivity index (χ0) is 15.2. The number of hydrogen-bond acceptors (Lipinski definition) is 3. The third-order valence-corrected chi connectivity index (χ3v) is 2.93. The van der Waals surface area contributed by atoms with Gasteiger partial charge in [-0.15, -0.1) is 0 Å². The first-order valence-electron chi connectivity index (χ1n) is 6.09. The highest BCUT2D eigenvalue weighted by Gasteiger charge is 2.09. The Bertz CT molecular complexity index is 767. The lowest BCUT2D eigenvalue weighted by Gasteiger charge is -2.07. The Kier molecular flexibility index (Phi) is 4.77. The fourth-order valence-corrected chi connectivity index (χ4v) is 1.76. The highest BCUT2D eigenvalue weighted by molar-refractivity contribution is 6.34. The molecule has 0 spiro atoms. The average molecular weight is 302 g/mol. The van der Waals surface area contributed by atoms with E-state index < -0.39 is 0 Å². The van der Waals surface area contributed by atoms with E-state index in [1.54, 1.807) is 18.2 Å². The first kappa shape index (κ1) is 14.9. The van der Waals surface area contributed by atoms with Crippen LogP contribution in [0.5, 0.6) is 0 Å². The topological polar surface area (TPSA) is 88.0 Å². The van der Waals surface area contributed by atoms with Gasteiger partial charge in [0.25, 0.3) is 5.91 Å². The van der Waals surface area contributed by atoms with Gasteiger partial charge in [-0.3, -0.25) is 9.59 Å². The molecule has 6 heteroatoms. The van der Waals surface area contributed by atoms with E-state index in [0.29, 0.717) is 21.8 Å². The molecule has 0 fully saturated rings.